The molecule has 1 aromatic carbocycles. The molecule has 1 amide bonds. The Hall–Kier alpha value is -2.39. The topological polar surface area (TPSA) is 162 Å². The number of aliphatic hydroxyl groups is 2. The number of nitrogens with zero attached hydrogens (tertiary/aromatic N) is 1. The van der Waals surface area contributed by atoms with Gasteiger partial charge < -0.3 is 49.8 Å². The number of ether oxygens (including phenoxy) is 5. The van der Waals surface area contributed by atoms with E-state index < -0.39 is 77.7 Å². The molecule has 50 heavy (non-hydrogen) atoms. The summed E-state index contributed by atoms with van der Waals surface area (Å²) in [5, 5.41) is 26.5. The minimum atomic E-state index is -1.61. The van der Waals surface area contributed by atoms with Crippen molar-refractivity contribution in [1.29, 1.82) is 0 Å². The molecule has 0 spiro atoms. The summed E-state index contributed by atoms with van der Waals surface area (Å²) in [6, 6.07) is 5.05. The van der Waals surface area contributed by atoms with Crippen molar-refractivity contribution in [2.24, 2.45) is 29.4 Å². The molecule has 0 aromatic heterocycles. The number of carbonyl (C=O) groups excluding carboxylic acids is 2. The van der Waals surface area contributed by atoms with Crippen LogP contribution in [0.25, 0.3) is 0 Å². The van der Waals surface area contributed by atoms with E-state index in [-0.39, 0.29) is 43.1 Å². The highest BCUT2D eigenvalue weighted by Crippen LogP contribution is 2.45. The number of fused-ring (bicyclic) bond motifs is 2. The molecule has 2 bridgehead atoms. The molecule has 3 fully saturated rings. The first-order valence-corrected chi connectivity index (χ1v) is 18.0. The van der Waals surface area contributed by atoms with Gasteiger partial charge in [0.2, 0.25) is 0 Å². The summed E-state index contributed by atoms with van der Waals surface area (Å²) in [4.78, 5) is 29.3. The smallest absolute Gasteiger partial charge is 0.407 e. The van der Waals surface area contributed by atoms with E-state index >= 15 is 0 Å². The predicted octanol–water partition coefficient (Wildman–Crippen LogP) is 3.74. The molecule has 4 rings (SSSR count). The SMILES string of the molecule is CC[C@H]1OC(=O)[C@H](C)[C@@H](OC(=O)NCc2cccc(F)c2)[C@H](C)[C@@H](OC2O[C@H](C)C[C@H](N(C)C)[C@H]2O)[C@](C)(O)C[C@@H](C)[C@@H]2OC1(C)[C@@H](N)[C@H]2C. The highest BCUT2D eigenvalue weighted by molar-refractivity contribution is 5.74. The lowest BCUT2D eigenvalue weighted by Crippen LogP contribution is -2.59. The second-order valence-electron chi connectivity index (χ2n) is 15.7. The minimum Gasteiger partial charge on any atom is -0.459 e. The molecule has 3 aliphatic rings. The highest BCUT2D eigenvalue weighted by atomic mass is 19.1. The van der Waals surface area contributed by atoms with E-state index in [1.807, 2.05) is 53.6 Å². The third-order valence-corrected chi connectivity index (χ3v) is 11.3. The van der Waals surface area contributed by atoms with Crippen molar-refractivity contribution in [1.82, 2.24) is 10.2 Å². The van der Waals surface area contributed by atoms with Crippen molar-refractivity contribution in [2.75, 3.05) is 14.1 Å². The van der Waals surface area contributed by atoms with E-state index in [0.29, 0.717) is 18.4 Å². The fourth-order valence-corrected chi connectivity index (χ4v) is 8.46. The second-order valence-corrected chi connectivity index (χ2v) is 15.7. The molecule has 5 N–H and O–H groups in total. The molecular weight excluding hydrogens is 649 g/mol. The molecule has 1 aromatic rings. The Balaban J connectivity index is 1.75. The maximum absolute atomic E-state index is 14.0. The van der Waals surface area contributed by atoms with Crippen molar-refractivity contribution in [2.45, 2.75) is 147 Å². The Kier molecular flexibility index (Phi) is 13.0. The van der Waals surface area contributed by atoms with E-state index in [9.17, 15) is 24.2 Å². The number of esters is 1. The van der Waals surface area contributed by atoms with Gasteiger partial charge in [0.25, 0.3) is 0 Å². The van der Waals surface area contributed by atoms with Crippen LogP contribution in [0, 0.1) is 29.5 Å². The summed E-state index contributed by atoms with van der Waals surface area (Å²) in [6.45, 7) is 14.6. The number of amides is 1. The number of hydrogen-bond acceptors (Lipinski definition) is 11. The van der Waals surface area contributed by atoms with Gasteiger partial charge in [-0.1, -0.05) is 39.8 Å². The van der Waals surface area contributed by atoms with Crippen molar-refractivity contribution in [3.63, 3.8) is 0 Å². The van der Waals surface area contributed by atoms with Crippen LogP contribution in [0.1, 0.15) is 80.2 Å². The van der Waals surface area contributed by atoms with Crippen LogP contribution in [-0.2, 0) is 35.0 Å². The van der Waals surface area contributed by atoms with Gasteiger partial charge in [-0.15, -0.1) is 0 Å². The molecule has 0 radical (unpaired) electrons. The maximum Gasteiger partial charge on any atom is 0.407 e. The average Bonchev–Trinajstić information content (AvgIpc) is 3.28. The third kappa shape index (κ3) is 8.62. The van der Waals surface area contributed by atoms with Gasteiger partial charge in [0.1, 0.15) is 29.7 Å². The first kappa shape index (κ1) is 40.4. The number of alkyl carbamates (subject to hydrolysis) is 1. The fourth-order valence-electron chi connectivity index (χ4n) is 8.46. The number of aliphatic hydroxyl groups excluding tert-OH is 1. The lowest BCUT2D eigenvalue weighted by Gasteiger charge is -2.47. The van der Waals surface area contributed by atoms with Crippen LogP contribution < -0.4 is 11.1 Å². The minimum absolute atomic E-state index is 0.0251. The summed E-state index contributed by atoms with van der Waals surface area (Å²) >= 11 is 0. The zero-order chi connectivity index (χ0) is 37.3. The number of halogens is 1. The van der Waals surface area contributed by atoms with E-state index in [0.717, 1.165) is 0 Å². The number of nitrogens with one attached hydrogen (secondary N) is 1. The van der Waals surface area contributed by atoms with Crippen molar-refractivity contribution in [3.05, 3.63) is 35.6 Å². The van der Waals surface area contributed by atoms with E-state index in [2.05, 4.69) is 5.32 Å². The number of nitrogens with two attached hydrogens (primary N) is 1. The molecule has 0 aliphatic carbocycles. The Bertz CT molecular complexity index is 1320. The number of rotatable bonds is 7. The van der Waals surface area contributed by atoms with Gasteiger partial charge in [-0.25, -0.2) is 9.18 Å². The second kappa shape index (κ2) is 16.1. The van der Waals surface area contributed by atoms with Gasteiger partial charge in [0.15, 0.2) is 6.29 Å². The maximum atomic E-state index is 14.0. The van der Waals surface area contributed by atoms with Crippen LogP contribution in [0.15, 0.2) is 24.3 Å². The third-order valence-electron chi connectivity index (χ3n) is 11.3. The molecule has 15 atom stereocenters. The molecule has 284 valence electrons. The number of likely N-dealkylation sites (N-methyl/N-ethyl adjacent to an activating group) is 1. The van der Waals surface area contributed by atoms with Crippen LogP contribution in [0.2, 0.25) is 0 Å². The summed E-state index contributed by atoms with van der Waals surface area (Å²) in [5.74, 6) is -3.33. The quantitative estimate of drug-likeness (QED) is 0.305. The van der Waals surface area contributed by atoms with Crippen LogP contribution in [0.4, 0.5) is 9.18 Å². The number of benzene rings is 1. The van der Waals surface area contributed by atoms with Crippen molar-refractivity contribution >= 4 is 12.1 Å². The van der Waals surface area contributed by atoms with Crippen molar-refractivity contribution in [3.8, 4) is 0 Å². The summed E-state index contributed by atoms with van der Waals surface area (Å²) in [5.41, 5.74) is 4.69. The van der Waals surface area contributed by atoms with Gasteiger partial charge in [-0.2, -0.15) is 0 Å². The first-order valence-electron chi connectivity index (χ1n) is 18.0. The Morgan fingerprint density at radius 2 is 1.84 bits per heavy atom. The molecule has 12 nitrogen and oxygen atoms in total. The van der Waals surface area contributed by atoms with Gasteiger partial charge in [0, 0.05) is 30.5 Å². The standard InChI is InChI=1S/C37H60FN3O9/c1-11-27-37(8)31(39)21(4)29(50-37)19(2)17-36(7,45)32(49-34-28(42)26(41(9)10)15-20(3)46-34)22(5)30(23(6)33(43)47-27)48-35(44)40-18-24-13-12-14-25(38)16-24/h12-14,16,19-23,26-32,34,42,45H,11,15,17-18,39H2,1-10H3,(H,40,44)/t19-,20-,21+,22+,23-,26+,27-,28-,29+,30+,31+,32-,34?,36-,37?/m1/s1. The van der Waals surface area contributed by atoms with Crippen LogP contribution in [0.5, 0.6) is 0 Å². The van der Waals surface area contributed by atoms with E-state index in [1.165, 1.54) is 18.2 Å². The first-order chi connectivity index (χ1) is 23.3. The zero-order valence-corrected chi connectivity index (χ0v) is 31.3. The van der Waals surface area contributed by atoms with Crippen LogP contribution >= 0.6 is 0 Å². The average molecular weight is 710 g/mol. The Morgan fingerprint density at radius 1 is 1.16 bits per heavy atom. The van der Waals surface area contributed by atoms with Crippen LogP contribution in [0.3, 0.4) is 0 Å². The summed E-state index contributed by atoms with van der Waals surface area (Å²) in [6.07, 6.45) is -5.51. The highest BCUT2D eigenvalue weighted by Gasteiger charge is 2.57. The van der Waals surface area contributed by atoms with Gasteiger partial charge in [-0.3, -0.25) is 4.79 Å². The number of cyclic esters (lactones) is 1. The number of carbonyl (C=O) groups is 2. The molecule has 3 saturated heterocycles. The molecule has 0 saturated carbocycles. The zero-order valence-electron chi connectivity index (χ0n) is 31.3. The predicted molar refractivity (Wildman–Crippen MR) is 184 cm³/mol. The summed E-state index contributed by atoms with van der Waals surface area (Å²) in [7, 11) is 3.74. The van der Waals surface area contributed by atoms with E-state index in [4.69, 9.17) is 29.4 Å². The van der Waals surface area contributed by atoms with Crippen LogP contribution in [-0.4, -0.2) is 107 Å². The molecule has 3 heterocycles. The van der Waals surface area contributed by atoms with Gasteiger partial charge in [-0.05, 0) is 84.7 Å². The lowest BCUT2D eigenvalue weighted by atomic mass is 9.75. The van der Waals surface area contributed by atoms with Gasteiger partial charge >= 0.3 is 12.1 Å². The molecule has 2 unspecified atom stereocenters. The lowest BCUT2D eigenvalue weighted by molar-refractivity contribution is -0.299. The Morgan fingerprint density at radius 3 is 2.46 bits per heavy atom. The number of hydrogen-bond donors (Lipinski definition) is 4. The fraction of sp³-hybridized carbons (Fsp3) is 0.784. The van der Waals surface area contributed by atoms with E-state index in [1.54, 1.807) is 26.8 Å². The molecule has 13 heteroatoms. The largest absolute Gasteiger partial charge is 0.459 e. The molecule has 3 aliphatic heterocycles. The van der Waals surface area contributed by atoms with Gasteiger partial charge in [0.05, 0.1) is 29.8 Å². The Labute approximate surface area is 296 Å². The van der Waals surface area contributed by atoms with Crippen molar-refractivity contribution < 1.29 is 47.9 Å². The summed E-state index contributed by atoms with van der Waals surface area (Å²) < 4.78 is 45.4. The molecular formula is C37H60FN3O9. The monoisotopic (exact) mass is 709 g/mol. The normalized spacial score (nSPS) is 42.9.